The van der Waals surface area contributed by atoms with E-state index in [1.807, 2.05) is 0 Å². The van der Waals surface area contributed by atoms with Gasteiger partial charge in [-0.25, -0.2) is 0 Å². The highest BCUT2D eigenvalue weighted by Gasteiger charge is 2.25. The Hall–Kier alpha value is -0.570. The Morgan fingerprint density at radius 2 is 1.94 bits per heavy atom. The first kappa shape index (κ1) is 14.5. The second-order valence-corrected chi connectivity index (χ2v) is 5.36. The van der Waals surface area contributed by atoms with Gasteiger partial charge in [0.2, 0.25) is 0 Å². The van der Waals surface area contributed by atoms with E-state index in [0.29, 0.717) is 12.0 Å². The Labute approximate surface area is 105 Å². The van der Waals surface area contributed by atoms with E-state index < -0.39 is 5.97 Å². The van der Waals surface area contributed by atoms with Crippen molar-refractivity contribution in [2.24, 2.45) is 11.8 Å². The fraction of sp³-hybridized carbons (Fsp3) is 0.929. The van der Waals surface area contributed by atoms with Crippen molar-refractivity contribution in [2.45, 2.75) is 64.8 Å². The van der Waals surface area contributed by atoms with E-state index in [1.54, 1.807) is 0 Å². The Balaban J connectivity index is 2.19. The van der Waals surface area contributed by atoms with Crippen LogP contribution in [-0.4, -0.2) is 23.7 Å². The molecular formula is C14H27NO2. The molecule has 100 valence electrons. The summed E-state index contributed by atoms with van der Waals surface area (Å²) in [5.74, 6) is 0.00852. The van der Waals surface area contributed by atoms with Gasteiger partial charge in [0.05, 0.1) is 5.92 Å². The molecule has 0 aromatic heterocycles. The van der Waals surface area contributed by atoms with Gasteiger partial charge in [0, 0.05) is 6.04 Å². The van der Waals surface area contributed by atoms with Gasteiger partial charge in [-0.3, -0.25) is 4.79 Å². The van der Waals surface area contributed by atoms with E-state index in [-0.39, 0.29) is 5.92 Å². The standard InChI is InChI=1S/C14H27NO2/c1-3-5-13(4-2)15-10-11-6-8-12(9-7-11)14(16)17/h11-13,15H,3-10H2,1-2H3,(H,16,17). The van der Waals surface area contributed by atoms with Gasteiger partial charge in [-0.05, 0) is 51.0 Å². The fourth-order valence-corrected chi connectivity index (χ4v) is 2.75. The second kappa shape index (κ2) is 7.70. The van der Waals surface area contributed by atoms with E-state index in [0.717, 1.165) is 32.2 Å². The largest absolute Gasteiger partial charge is 0.481 e. The number of carboxylic acids is 1. The molecule has 3 nitrogen and oxygen atoms in total. The molecule has 0 amide bonds. The summed E-state index contributed by atoms with van der Waals surface area (Å²) in [5, 5.41) is 12.6. The average Bonchev–Trinajstić information content (AvgIpc) is 2.35. The molecule has 3 heteroatoms. The summed E-state index contributed by atoms with van der Waals surface area (Å²) in [6.07, 6.45) is 7.56. The molecule has 0 aromatic rings. The fourth-order valence-electron chi connectivity index (χ4n) is 2.75. The van der Waals surface area contributed by atoms with Crippen LogP contribution in [0.5, 0.6) is 0 Å². The van der Waals surface area contributed by atoms with Gasteiger partial charge in [-0.1, -0.05) is 20.3 Å². The van der Waals surface area contributed by atoms with Gasteiger partial charge >= 0.3 is 5.97 Å². The molecule has 0 radical (unpaired) electrons. The Bertz CT molecular complexity index is 222. The maximum Gasteiger partial charge on any atom is 0.306 e. The minimum atomic E-state index is -0.603. The molecule has 1 saturated carbocycles. The van der Waals surface area contributed by atoms with E-state index in [1.165, 1.54) is 19.3 Å². The normalized spacial score (nSPS) is 26.7. The van der Waals surface area contributed by atoms with E-state index in [9.17, 15) is 4.79 Å². The molecule has 1 fully saturated rings. The summed E-state index contributed by atoms with van der Waals surface area (Å²) in [7, 11) is 0. The Morgan fingerprint density at radius 1 is 1.29 bits per heavy atom. The Morgan fingerprint density at radius 3 is 2.41 bits per heavy atom. The van der Waals surface area contributed by atoms with Crippen molar-refractivity contribution in [1.82, 2.24) is 5.32 Å². The summed E-state index contributed by atoms with van der Waals surface area (Å²) in [6.45, 7) is 5.53. The van der Waals surface area contributed by atoms with Gasteiger partial charge in [0.15, 0.2) is 0 Å². The molecule has 0 heterocycles. The van der Waals surface area contributed by atoms with E-state index >= 15 is 0 Å². The van der Waals surface area contributed by atoms with E-state index in [4.69, 9.17) is 5.11 Å². The third-order valence-corrected chi connectivity index (χ3v) is 4.02. The monoisotopic (exact) mass is 241 g/mol. The number of carboxylic acid groups (broad SMARTS) is 1. The number of nitrogens with one attached hydrogen (secondary N) is 1. The number of hydrogen-bond donors (Lipinski definition) is 2. The molecule has 1 unspecified atom stereocenters. The van der Waals surface area contributed by atoms with Gasteiger partial charge in [0.25, 0.3) is 0 Å². The van der Waals surface area contributed by atoms with Crippen molar-refractivity contribution in [2.75, 3.05) is 6.54 Å². The lowest BCUT2D eigenvalue weighted by molar-refractivity contribution is -0.143. The van der Waals surface area contributed by atoms with Crippen molar-refractivity contribution in [3.05, 3.63) is 0 Å². The van der Waals surface area contributed by atoms with Gasteiger partial charge < -0.3 is 10.4 Å². The maximum atomic E-state index is 10.8. The SMILES string of the molecule is CCCC(CC)NCC1CCC(C(=O)O)CC1. The molecule has 17 heavy (non-hydrogen) atoms. The van der Waals surface area contributed by atoms with Crippen LogP contribution in [-0.2, 0) is 4.79 Å². The predicted octanol–water partition coefficient (Wildman–Crippen LogP) is 3.05. The minimum absolute atomic E-state index is 0.0798. The van der Waals surface area contributed by atoms with Gasteiger partial charge in [0.1, 0.15) is 0 Å². The van der Waals surface area contributed by atoms with Crippen LogP contribution in [0.3, 0.4) is 0 Å². The third kappa shape index (κ3) is 5.07. The van der Waals surface area contributed by atoms with Crippen molar-refractivity contribution >= 4 is 5.97 Å². The summed E-state index contributed by atoms with van der Waals surface area (Å²) < 4.78 is 0. The minimum Gasteiger partial charge on any atom is -0.481 e. The zero-order valence-electron chi connectivity index (χ0n) is 11.2. The molecule has 0 bridgehead atoms. The van der Waals surface area contributed by atoms with Gasteiger partial charge in [-0.2, -0.15) is 0 Å². The van der Waals surface area contributed by atoms with Crippen LogP contribution in [0.1, 0.15) is 58.8 Å². The molecule has 0 aliphatic heterocycles. The second-order valence-electron chi connectivity index (χ2n) is 5.36. The summed E-state index contributed by atoms with van der Waals surface area (Å²) in [6, 6.07) is 0.650. The summed E-state index contributed by atoms with van der Waals surface area (Å²) in [5.41, 5.74) is 0. The molecular weight excluding hydrogens is 214 g/mol. The zero-order valence-corrected chi connectivity index (χ0v) is 11.2. The van der Waals surface area contributed by atoms with Crippen molar-refractivity contribution < 1.29 is 9.90 Å². The molecule has 2 N–H and O–H groups in total. The molecule has 1 aliphatic rings. The molecule has 1 aliphatic carbocycles. The first-order valence-corrected chi connectivity index (χ1v) is 7.13. The quantitative estimate of drug-likeness (QED) is 0.720. The smallest absolute Gasteiger partial charge is 0.306 e. The first-order chi connectivity index (χ1) is 8.17. The Kier molecular flexibility index (Phi) is 6.56. The summed E-state index contributed by atoms with van der Waals surface area (Å²) in [4.78, 5) is 10.8. The highest BCUT2D eigenvalue weighted by molar-refractivity contribution is 5.69. The van der Waals surface area contributed by atoms with Crippen LogP contribution in [0.4, 0.5) is 0 Å². The molecule has 0 spiro atoms. The highest BCUT2D eigenvalue weighted by atomic mass is 16.4. The lowest BCUT2D eigenvalue weighted by Gasteiger charge is -2.28. The molecule has 1 rings (SSSR count). The van der Waals surface area contributed by atoms with Crippen LogP contribution in [0.2, 0.25) is 0 Å². The highest BCUT2D eigenvalue weighted by Crippen LogP contribution is 2.28. The van der Waals surface area contributed by atoms with Crippen molar-refractivity contribution in [3.63, 3.8) is 0 Å². The maximum absolute atomic E-state index is 10.8. The van der Waals surface area contributed by atoms with Crippen LogP contribution in [0.15, 0.2) is 0 Å². The van der Waals surface area contributed by atoms with Crippen LogP contribution in [0.25, 0.3) is 0 Å². The number of hydrogen-bond acceptors (Lipinski definition) is 2. The number of rotatable bonds is 7. The van der Waals surface area contributed by atoms with E-state index in [2.05, 4.69) is 19.2 Å². The van der Waals surface area contributed by atoms with Crippen molar-refractivity contribution in [1.29, 1.82) is 0 Å². The number of aliphatic carboxylic acids is 1. The topological polar surface area (TPSA) is 49.3 Å². The van der Waals surface area contributed by atoms with Gasteiger partial charge in [-0.15, -0.1) is 0 Å². The average molecular weight is 241 g/mol. The molecule has 1 atom stereocenters. The lowest BCUT2D eigenvalue weighted by atomic mass is 9.82. The lowest BCUT2D eigenvalue weighted by Crippen LogP contribution is -2.35. The van der Waals surface area contributed by atoms with Crippen LogP contribution >= 0.6 is 0 Å². The predicted molar refractivity (Wildman–Crippen MR) is 70.1 cm³/mol. The first-order valence-electron chi connectivity index (χ1n) is 7.13. The van der Waals surface area contributed by atoms with Crippen LogP contribution in [0, 0.1) is 11.8 Å². The van der Waals surface area contributed by atoms with Crippen molar-refractivity contribution in [3.8, 4) is 0 Å². The van der Waals surface area contributed by atoms with Crippen LogP contribution < -0.4 is 5.32 Å². The summed E-state index contributed by atoms with van der Waals surface area (Å²) >= 11 is 0. The zero-order chi connectivity index (χ0) is 12.7. The number of carbonyl (C=O) groups is 1. The molecule has 0 saturated heterocycles. The molecule has 0 aromatic carbocycles. The third-order valence-electron chi connectivity index (χ3n) is 4.02.